The third-order valence-electron chi connectivity index (χ3n) is 4.65. The third-order valence-corrected chi connectivity index (χ3v) is 4.91. The molecule has 0 saturated carbocycles. The predicted octanol–water partition coefficient (Wildman–Crippen LogP) is 6.97. The summed E-state index contributed by atoms with van der Waals surface area (Å²) in [6.45, 7) is 0. The minimum atomic E-state index is -0.117. The Labute approximate surface area is 171 Å². The van der Waals surface area contributed by atoms with Gasteiger partial charge < -0.3 is 0 Å². The Hall–Kier alpha value is -3.16. The van der Waals surface area contributed by atoms with E-state index >= 15 is 0 Å². The first kappa shape index (κ1) is 18.2. The lowest BCUT2D eigenvalue weighted by atomic mass is 9.97. The first-order valence-electron chi connectivity index (χ1n) is 9.30. The molecule has 0 amide bonds. The summed E-state index contributed by atoms with van der Waals surface area (Å²) < 4.78 is 0. The number of nitrogens with zero attached hydrogens (tertiary/aromatic N) is 1. The Bertz CT molecular complexity index is 998. The number of hydrogen-bond donors (Lipinski definition) is 0. The summed E-state index contributed by atoms with van der Waals surface area (Å²) in [5.74, 6) is 0. The fourth-order valence-electron chi connectivity index (χ4n) is 3.26. The van der Waals surface area contributed by atoms with Crippen molar-refractivity contribution in [2.45, 2.75) is 6.04 Å². The minimum Gasteiger partial charge on any atom is -0.271 e. The first-order chi connectivity index (χ1) is 13.8. The number of aliphatic imine (C=N–C) groups is 1. The zero-order valence-corrected chi connectivity index (χ0v) is 16.1. The molecule has 0 aromatic heterocycles. The molecule has 0 aliphatic carbocycles. The summed E-state index contributed by atoms with van der Waals surface area (Å²) in [6.07, 6.45) is 0. The highest BCUT2D eigenvalue weighted by Crippen LogP contribution is 2.29. The van der Waals surface area contributed by atoms with Crippen molar-refractivity contribution in [1.82, 2.24) is 0 Å². The molecule has 2 heteroatoms. The number of halogens is 1. The van der Waals surface area contributed by atoms with Gasteiger partial charge in [0.2, 0.25) is 0 Å². The van der Waals surface area contributed by atoms with Gasteiger partial charge in [0, 0.05) is 16.1 Å². The van der Waals surface area contributed by atoms with E-state index in [9.17, 15) is 0 Å². The summed E-state index contributed by atoms with van der Waals surface area (Å²) in [5.41, 5.74) is 5.44. The molecule has 4 aromatic rings. The SMILES string of the molecule is Clc1ccc(C(N=C(c2ccccc2)c2ccccc2)c2ccccc2)cc1. The lowest BCUT2D eigenvalue weighted by molar-refractivity contribution is 0.873. The van der Waals surface area contributed by atoms with Gasteiger partial charge in [-0.2, -0.15) is 0 Å². The van der Waals surface area contributed by atoms with Gasteiger partial charge in [-0.15, -0.1) is 0 Å². The molecule has 1 unspecified atom stereocenters. The van der Waals surface area contributed by atoms with Crippen LogP contribution in [0.1, 0.15) is 28.3 Å². The summed E-state index contributed by atoms with van der Waals surface area (Å²) >= 11 is 6.12. The highest BCUT2D eigenvalue weighted by molar-refractivity contribution is 6.30. The van der Waals surface area contributed by atoms with Crippen molar-refractivity contribution in [1.29, 1.82) is 0 Å². The largest absolute Gasteiger partial charge is 0.271 e. The highest BCUT2D eigenvalue weighted by Gasteiger charge is 2.16. The number of benzene rings is 4. The second kappa shape index (κ2) is 8.69. The van der Waals surface area contributed by atoms with Crippen LogP contribution in [0, 0.1) is 0 Å². The van der Waals surface area contributed by atoms with E-state index in [0.29, 0.717) is 0 Å². The molecule has 136 valence electrons. The van der Waals surface area contributed by atoms with Crippen LogP contribution >= 0.6 is 11.6 Å². The van der Waals surface area contributed by atoms with Crippen LogP contribution in [0.2, 0.25) is 5.02 Å². The lowest BCUT2D eigenvalue weighted by Crippen LogP contribution is -2.08. The van der Waals surface area contributed by atoms with Crippen LogP contribution in [0.25, 0.3) is 0 Å². The molecule has 0 fully saturated rings. The van der Waals surface area contributed by atoms with E-state index in [1.165, 1.54) is 0 Å². The zero-order chi connectivity index (χ0) is 19.2. The Morgan fingerprint density at radius 2 is 0.964 bits per heavy atom. The second-order valence-electron chi connectivity index (χ2n) is 6.57. The van der Waals surface area contributed by atoms with Crippen molar-refractivity contribution in [3.05, 3.63) is 143 Å². The van der Waals surface area contributed by atoms with Crippen LogP contribution in [0.5, 0.6) is 0 Å². The van der Waals surface area contributed by atoms with Gasteiger partial charge in [-0.05, 0) is 23.3 Å². The van der Waals surface area contributed by atoms with E-state index in [2.05, 4.69) is 60.7 Å². The monoisotopic (exact) mass is 381 g/mol. The van der Waals surface area contributed by atoms with E-state index in [4.69, 9.17) is 16.6 Å². The van der Waals surface area contributed by atoms with Crippen LogP contribution in [0.15, 0.2) is 120 Å². The lowest BCUT2D eigenvalue weighted by Gasteiger charge is -2.17. The van der Waals surface area contributed by atoms with Crippen molar-refractivity contribution < 1.29 is 0 Å². The average molecular weight is 382 g/mol. The zero-order valence-electron chi connectivity index (χ0n) is 15.4. The molecule has 0 aliphatic heterocycles. The molecule has 0 spiro atoms. The standard InChI is InChI=1S/C26H20ClN/c27-24-18-16-23(17-19-24)26(22-14-8-3-9-15-22)28-25(20-10-4-1-5-11-20)21-12-6-2-7-13-21/h1-19,26H. The third kappa shape index (κ3) is 4.21. The van der Waals surface area contributed by atoms with Crippen molar-refractivity contribution >= 4 is 17.3 Å². The Morgan fingerprint density at radius 3 is 1.46 bits per heavy atom. The molecular weight excluding hydrogens is 362 g/mol. The Balaban J connectivity index is 1.90. The summed E-state index contributed by atoms with van der Waals surface area (Å²) in [6, 6.07) is 38.9. The maximum Gasteiger partial charge on any atom is 0.101 e. The van der Waals surface area contributed by atoms with Crippen molar-refractivity contribution in [3.63, 3.8) is 0 Å². The van der Waals surface area contributed by atoms with Crippen molar-refractivity contribution in [2.24, 2.45) is 4.99 Å². The maximum atomic E-state index is 6.12. The molecule has 4 aromatic carbocycles. The van der Waals surface area contributed by atoms with Gasteiger partial charge in [0.15, 0.2) is 0 Å². The van der Waals surface area contributed by atoms with Gasteiger partial charge in [-0.25, -0.2) is 0 Å². The Morgan fingerprint density at radius 1 is 0.536 bits per heavy atom. The van der Waals surface area contributed by atoms with Crippen LogP contribution < -0.4 is 0 Å². The van der Waals surface area contributed by atoms with Gasteiger partial charge >= 0.3 is 0 Å². The molecule has 28 heavy (non-hydrogen) atoms. The van der Waals surface area contributed by atoms with Gasteiger partial charge in [-0.1, -0.05) is 115 Å². The van der Waals surface area contributed by atoms with Gasteiger partial charge in [0.25, 0.3) is 0 Å². The average Bonchev–Trinajstić information content (AvgIpc) is 2.77. The summed E-state index contributed by atoms with van der Waals surface area (Å²) in [4.78, 5) is 5.26. The minimum absolute atomic E-state index is 0.117. The van der Waals surface area contributed by atoms with Crippen LogP contribution in [-0.4, -0.2) is 5.71 Å². The molecule has 1 nitrogen and oxygen atoms in total. The van der Waals surface area contributed by atoms with E-state index < -0.39 is 0 Å². The molecular formula is C26H20ClN. The smallest absolute Gasteiger partial charge is 0.101 e. The molecule has 0 saturated heterocycles. The molecule has 0 radical (unpaired) electrons. The maximum absolute atomic E-state index is 6.12. The summed E-state index contributed by atoms with van der Waals surface area (Å²) in [5, 5.41) is 0.728. The fraction of sp³-hybridized carbons (Fsp3) is 0.0385. The van der Waals surface area contributed by atoms with E-state index in [-0.39, 0.29) is 6.04 Å². The molecule has 1 atom stereocenters. The first-order valence-corrected chi connectivity index (χ1v) is 9.68. The van der Waals surface area contributed by atoms with Crippen LogP contribution in [0.3, 0.4) is 0 Å². The van der Waals surface area contributed by atoms with Crippen LogP contribution in [-0.2, 0) is 0 Å². The molecule has 0 aliphatic rings. The topological polar surface area (TPSA) is 12.4 Å². The van der Waals surface area contributed by atoms with Crippen LogP contribution in [0.4, 0.5) is 0 Å². The van der Waals surface area contributed by atoms with E-state index in [0.717, 1.165) is 33.0 Å². The van der Waals surface area contributed by atoms with Gasteiger partial charge in [0.1, 0.15) is 6.04 Å². The molecule has 0 heterocycles. The number of rotatable bonds is 5. The number of hydrogen-bond acceptors (Lipinski definition) is 1. The van der Waals surface area contributed by atoms with E-state index in [1.807, 2.05) is 54.6 Å². The molecule has 0 N–H and O–H groups in total. The van der Waals surface area contributed by atoms with E-state index in [1.54, 1.807) is 0 Å². The van der Waals surface area contributed by atoms with Gasteiger partial charge in [0.05, 0.1) is 5.71 Å². The molecule has 0 bridgehead atoms. The summed E-state index contributed by atoms with van der Waals surface area (Å²) in [7, 11) is 0. The van der Waals surface area contributed by atoms with Gasteiger partial charge in [-0.3, -0.25) is 4.99 Å². The van der Waals surface area contributed by atoms with Crippen molar-refractivity contribution in [2.75, 3.05) is 0 Å². The normalized spacial score (nSPS) is 11.6. The Kier molecular flexibility index (Phi) is 5.65. The van der Waals surface area contributed by atoms with Crippen molar-refractivity contribution in [3.8, 4) is 0 Å². The predicted molar refractivity (Wildman–Crippen MR) is 118 cm³/mol. The second-order valence-corrected chi connectivity index (χ2v) is 7.01. The molecule has 4 rings (SSSR count). The fourth-order valence-corrected chi connectivity index (χ4v) is 3.38. The highest BCUT2D eigenvalue weighted by atomic mass is 35.5. The quantitative estimate of drug-likeness (QED) is 0.331.